The van der Waals surface area contributed by atoms with E-state index in [1.54, 1.807) is 0 Å². The number of amides is 1. The van der Waals surface area contributed by atoms with Gasteiger partial charge in [-0.05, 0) is 24.8 Å². The molecule has 0 aliphatic heterocycles. The first-order valence-electron chi connectivity index (χ1n) is 7.91. The maximum atomic E-state index is 11.9. The molecule has 9 nitrogen and oxygen atoms in total. The highest BCUT2D eigenvalue weighted by Crippen LogP contribution is 2.14. The van der Waals surface area contributed by atoms with Gasteiger partial charge < -0.3 is 16.2 Å². The lowest BCUT2D eigenvalue weighted by molar-refractivity contribution is -0.138. The number of carboxylic acids is 1. The van der Waals surface area contributed by atoms with Crippen LogP contribution in [0.5, 0.6) is 0 Å². The lowest BCUT2D eigenvalue weighted by Gasteiger charge is -2.07. The van der Waals surface area contributed by atoms with Gasteiger partial charge in [0.05, 0.1) is 6.42 Å². The van der Waals surface area contributed by atoms with Crippen molar-refractivity contribution in [3.05, 3.63) is 36.2 Å². The van der Waals surface area contributed by atoms with Crippen molar-refractivity contribution in [2.24, 2.45) is 5.73 Å². The summed E-state index contributed by atoms with van der Waals surface area (Å²) in [5, 5.41) is 26.6. The molecule has 0 spiro atoms. The standard InChI is InChI=1S/C16H20N6O3/c17-13(16(24)25)3-1-2-8-18-14(23)9-11-4-6-12(7-5-11)15-21-19-10-20-22-15/h4-7,10,13H,1-3,8-9,17H2,(H,18,23)(H,24,25)/t13-/m1/s1. The van der Waals surface area contributed by atoms with E-state index >= 15 is 0 Å². The molecule has 25 heavy (non-hydrogen) atoms. The number of carbonyl (C=O) groups excluding carboxylic acids is 1. The minimum absolute atomic E-state index is 0.0884. The number of carboxylic acid groups (broad SMARTS) is 1. The van der Waals surface area contributed by atoms with Gasteiger partial charge in [0.1, 0.15) is 6.04 Å². The molecule has 1 amide bonds. The zero-order chi connectivity index (χ0) is 18.1. The number of aromatic nitrogens is 4. The summed E-state index contributed by atoms with van der Waals surface area (Å²) in [4.78, 5) is 22.5. The van der Waals surface area contributed by atoms with E-state index in [2.05, 4.69) is 25.7 Å². The molecule has 0 aliphatic rings. The summed E-state index contributed by atoms with van der Waals surface area (Å²) in [7, 11) is 0. The number of nitrogens with two attached hydrogens (primary N) is 1. The molecule has 1 aromatic heterocycles. The summed E-state index contributed by atoms with van der Waals surface area (Å²) in [5.74, 6) is -0.660. The molecule has 4 N–H and O–H groups in total. The Labute approximate surface area is 144 Å². The summed E-state index contributed by atoms with van der Waals surface area (Å²) in [6.07, 6.45) is 3.27. The van der Waals surface area contributed by atoms with E-state index < -0.39 is 12.0 Å². The second kappa shape index (κ2) is 9.38. The Kier molecular flexibility index (Phi) is 6.90. The summed E-state index contributed by atoms with van der Waals surface area (Å²) < 4.78 is 0. The predicted molar refractivity (Wildman–Crippen MR) is 89.2 cm³/mol. The molecule has 1 atom stereocenters. The molecule has 132 valence electrons. The Morgan fingerprint density at radius 1 is 1.12 bits per heavy atom. The van der Waals surface area contributed by atoms with Gasteiger partial charge in [0.2, 0.25) is 11.7 Å². The van der Waals surface area contributed by atoms with Gasteiger partial charge in [0, 0.05) is 12.1 Å². The number of nitrogens with one attached hydrogen (secondary N) is 1. The average Bonchev–Trinajstić information content (AvgIpc) is 2.62. The number of aliphatic carboxylic acids is 1. The van der Waals surface area contributed by atoms with E-state index in [0.717, 1.165) is 11.1 Å². The molecule has 1 aromatic carbocycles. The molecule has 9 heteroatoms. The van der Waals surface area contributed by atoms with Gasteiger partial charge in [0.25, 0.3) is 0 Å². The van der Waals surface area contributed by atoms with Crippen LogP contribution in [0.1, 0.15) is 24.8 Å². The van der Waals surface area contributed by atoms with E-state index in [9.17, 15) is 9.59 Å². The Morgan fingerprint density at radius 2 is 1.80 bits per heavy atom. The third-order valence-corrected chi connectivity index (χ3v) is 3.57. The molecule has 0 bridgehead atoms. The van der Waals surface area contributed by atoms with Gasteiger partial charge in [-0.1, -0.05) is 24.3 Å². The van der Waals surface area contributed by atoms with Crippen molar-refractivity contribution in [2.45, 2.75) is 31.7 Å². The fraction of sp³-hybridized carbons (Fsp3) is 0.375. The molecule has 0 unspecified atom stereocenters. The van der Waals surface area contributed by atoms with E-state index in [1.165, 1.54) is 6.33 Å². The minimum atomic E-state index is -1.00. The van der Waals surface area contributed by atoms with Gasteiger partial charge >= 0.3 is 5.97 Å². The highest BCUT2D eigenvalue weighted by molar-refractivity contribution is 5.78. The third-order valence-electron chi connectivity index (χ3n) is 3.57. The molecular formula is C16H20N6O3. The molecule has 0 aliphatic carbocycles. The fourth-order valence-electron chi connectivity index (χ4n) is 2.18. The van der Waals surface area contributed by atoms with Crippen LogP contribution < -0.4 is 11.1 Å². The smallest absolute Gasteiger partial charge is 0.320 e. The maximum Gasteiger partial charge on any atom is 0.320 e. The van der Waals surface area contributed by atoms with E-state index in [0.29, 0.717) is 31.6 Å². The van der Waals surface area contributed by atoms with Crippen LogP contribution in [0.25, 0.3) is 11.4 Å². The number of hydrogen-bond acceptors (Lipinski definition) is 7. The van der Waals surface area contributed by atoms with E-state index in [4.69, 9.17) is 10.8 Å². The predicted octanol–water partition coefficient (Wildman–Crippen LogP) is 0.174. The molecule has 2 rings (SSSR count). The first-order valence-corrected chi connectivity index (χ1v) is 7.91. The summed E-state index contributed by atoms with van der Waals surface area (Å²) in [6.45, 7) is 0.498. The summed E-state index contributed by atoms with van der Waals surface area (Å²) >= 11 is 0. The SMILES string of the molecule is N[C@H](CCCCNC(=O)Cc1ccc(-c2nncnn2)cc1)C(=O)O. The molecule has 2 aromatic rings. The zero-order valence-electron chi connectivity index (χ0n) is 13.6. The molecule has 0 saturated heterocycles. The first-order chi connectivity index (χ1) is 12.1. The minimum Gasteiger partial charge on any atom is -0.480 e. The number of unbranched alkanes of at least 4 members (excludes halogenated alkanes) is 1. The maximum absolute atomic E-state index is 11.9. The Hall–Kier alpha value is -2.94. The van der Waals surface area contributed by atoms with Crippen molar-refractivity contribution < 1.29 is 14.7 Å². The van der Waals surface area contributed by atoms with Crippen molar-refractivity contribution in [2.75, 3.05) is 6.54 Å². The quantitative estimate of drug-likeness (QED) is 0.546. The van der Waals surface area contributed by atoms with Gasteiger partial charge in [0.15, 0.2) is 6.33 Å². The number of rotatable bonds is 9. The number of carbonyl (C=O) groups is 2. The highest BCUT2D eigenvalue weighted by atomic mass is 16.4. The van der Waals surface area contributed by atoms with Crippen LogP contribution in [0.2, 0.25) is 0 Å². The van der Waals surface area contributed by atoms with E-state index in [-0.39, 0.29) is 12.3 Å². The Balaban J connectivity index is 1.71. The Morgan fingerprint density at radius 3 is 2.44 bits per heavy atom. The van der Waals surface area contributed by atoms with Crippen molar-refractivity contribution in [3.63, 3.8) is 0 Å². The van der Waals surface area contributed by atoms with Gasteiger partial charge in [-0.3, -0.25) is 9.59 Å². The fourth-order valence-corrected chi connectivity index (χ4v) is 2.18. The van der Waals surface area contributed by atoms with Crippen LogP contribution in [0.15, 0.2) is 30.6 Å². The summed E-state index contributed by atoms with van der Waals surface area (Å²) in [6, 6.07) is 6.45. The average molecular weight is 344 g/mol. The molecular weight excluding hydrogens is 324 g/mol. The first kappa shape index (κ1) is 18.4. The third kappa shape index (κ3) is 6.22. The Bertz CT molecular complexity index is 693. The van der Waals surface area contributed by atoms with Gasteiger partial charge in [-0.15, -0.1) is 20.4 Å². The van der Waals surface area contributed by atoms with Gasteiger partial charge in [-0.2, -0.15) is 0 Å². The normalized spacial score (nSPS) is 11.7. The number of nitrogens with zero attached hydrogens (tertiary/aromatic N) is 4. The lowest BCUT2D eigenvalue weighted by atomic mass is 10.1. The topological polar surface area (TPSA) is 144 Å². The molecule has 0 radical (unpaired) electrons. The van der Waals surface area contributed by atoms with Gasteiger partial charge in [-0.25, -0.2) is 0 Å². The van der Waals surface area contributed by atoms with Crippen molar-refractivity contribution in [1.29, 1.82) is 0 Å². The second-order valence-corrected chi connectivity index (χ2v) is 5.53. The molecule has 1 heterocycles. The van der Waals surface area contributed by atoms with E-state index in [1.807, 2.05) is 24.3 Å². The molecule has 0 fully saturated rings. The second-order valence-electron chi connectivity index (χ2n) is 5.53. The van der Waals surface area contributed by atoms with Crippen molar-refractivity contribution in [1.82, 2.24) is 25.7 Å². The zero-order valence-corrected chi connectivity index (χ0v) is 13.6. The summed E-state index contributed by atoms with van der Waals surface area (Å²) in [5.41, 5.74) is 7.06. The lowest BCUT2D eigenvalue weighted by Crippen LogP contribution is -2.30. The number of hydrogen-bond donors (Lipinski definition) is 3. The van der Waals surface area contributed by atoms with Crippen LogP contribution in [0, 0.1) is 0 Å². The highest BCUT2D eigenvalue weighted by Gasteiger charge is 2.10. The van der Waals surface area contributed by atoms with Crippen LogP contribution >= 0.6 is 0 Å². The largest absolute Gasteiger partial charge is 0.480 e. The van der Waals surface area contributed by atoms with Crippen LogP contribution in [-0.2, 0) is 16.0 Å². The van der Waals surface area contributed by atoms with Crippen molar-refractivity contribution >= 4 is 11.9 Å². The monoisotopic (exact) mass is 344 g/mol. The van der Waals surface area contributed by atoms with Crippen LogP contribution in [0.3, 0.4) is 0 Å². The van der Waals surface area contributed by atoms with Crippen LogP contribution in [0.4, 0.5) is 0 Å². The number of benzene rings is 1. The van der Waals surface area contributed by atoms with Crippen molar-refractivity contribution in [3.8, 4) is 11.4 Å². The molecule has 0 saturated carbocycles. The van der Waals surface area contributed by atoms with Crippen LogP contribution in [-0.4, -0.2) is 50.0 Å².